The van der Waals surface area contributed by atoms with Crippen LogP contribution in [0.25, 0.3) is 0 Å². The van der Waals surface area contributed by atoms with Crippen LogP contribution < -0.4 is 5.73 Å². The van der Waals surface area contributed by atoms with Gasteiger partial charge in [0.2, 0.25) is 0 Å². The molecule has 2 amide bonds. The zero-order valence-corrected chi connectivity index (χ0v) is 13.7. The van der Waals surface area contributed by atoms with Gasteiger partial charge in [0.15, 0.2) is 0 Å². The number of rotatable bonds is 5. The van der Waals surface area contributed by atoms with Crippen LogP contribution in [0.3, 0.4) is 0 Å². The maximum atomic E-state index is 13.0. The Bertz CT molecular complexity index is 897. The van der Waals surface area contributed by atoms with Crippen LogP contribution in [0, 0.1) is 0 Å². The van der Waals surface area contributed by atoms with E-state index in [1.54, 1.807) is 36.4 Å². The second kappa shape index (κ2) is 6.61. The second-order valence-corrected chi connectivity index (χ2v) is 5.71. The van der Waals surface area contributed by atoms with Gasteiger partial charge in [0.1, 0.15) is 0 Å². The Morgan fingerprint density at radius 2 is 1.68 bits per heavy atom. The Morgan fingerprint density at radius 3 is 2.32 bits per heavy atom. The molecule has 0 spiro atoms. The van der Waals surface area contributed by atoms with E-state index >= 15 is 0 Å². The van der Waals surface area contributed by atoms with E-state index in [0.717, 1.165) is 5.56 Å². The molecule has 2 aromatic rings. The van der Waals surface area contributed by atoms with Crippen molar-refractivity contribution in [1.82, 2.24) is 4.90 Å². The highest BCUT2D eigenvalue weighted by atomic mass is 16.2. The van der Waals surface area contributed by atoms with Gasteiger partial charge in [-0.05, 0) is 29.3 Å². The molecule has 1 unspecified atom stereocenters. The second-order valence-electron chi connectivity index (χ2n) is 5.71. The zero-order valence-electron chi connectivity index (χ0n) is 13.7. The molecular formula is C21H18N2O2. The lowest BCUT2D eigenvalue weighted by atomic mass is 9.96. The molecule has 1 atom stereocenters. The number of carbonyl (C=O) groups excluding carboxylic acids is 2. The number of hydrogen-bond acceptors (Lipinski definition) is 3. The lowest BCUT2D eigenvalue weighted by Gasteiger charge is -2.27. The Hall–Kier alpha value is -3.40. The first-order valence-corrected chi connectivity index (χ1v) is 7.86. The Balaban J connectivity index is 2.16. The molecule has 0 fully saturated rings. The molecule has 2 aromatic carbocycles. The van der Waals surface area contributed by atoms with E-state index in [4.69, 9.17) is 5.73 Å². The van der Waals surface area contributed by atoms with Crippen LogP contribution >= 0.6 is 0 Å². The van der Waals surface area contributed by atoms with Crippen molar-refractivity contribution in [2.45, 2.75) is 6.04 Å². The van der Waals surface area contributed by atoms with Crippen LogP contribution in [0.4, 0.5) is 5.69 Å². The number of hydrogen-bond donors (Lipinski definition) is 1. The number of allylic oxidation sites excluding steroid dienone is 2. The van der Waals surface area contributed by atoms with Gasteiger partial charge in [0.05, 0.1) is 17.2 Å². The lowest BCUT2D eigenvalue weighted by Crippen LogP contribution is -2.35. The number of anilines is 1. The van der Waals surface area contributed by atoms with E-state index in [-0.39, 0.29) is 11.8 Å². The predicted octanol–water partition coefficient (Wildman–Crippen LogP) is 3.90. The standard InChI is InChI=1S/C21H18N2O2/c1-3-8-14(4-2)19(15-9-6-5-7-10-15)23-20(24)17-12-11-16(22)13-18(17)21(23)25/h3-13,19H,1-2,22H2/b14-8+. The molecule has 1 aliphatic heterocycles. The maximum absolute atomic E-state index is 13.0. The monoisotopic (exact) mass is 330 g/mol. The van der Waals surface area contributed by atoms with Gasteiger partial charge < -0.3 is 5.73 Å². The first-order chi connectivity index (χ1) is 12.1. The number of amides is 2. The van der Waals surface area contributed by atoms with Crippen molar-refractivity contribution in [3.05, 3.63) is 102 Å². The van der Waals surface area contributed by atoms with E-state index in [1.807, 2.05) is 30.3 Å². The summed E-state index contributed by atoms with van der Waals surface area (Å²) in [6.45, 7) is 7.54. The van der Waals surface area contributed by atoms with Gasteiger partial charge in [-0.1, -0.05) is 61.7 Å². The van der Waals surface area contributed by atoms with Gasteiger partial charge in [-0.25, -0.2) is 0 Å². The third-order valence-electron chi connectivity index (χ3n) is 4.18. The van der Waals surface area contributed by atoms with Gasteiger partial charge in [-0.3, -0.25) is 14.5 Å². The average Bonchev–Trinajstić information content (AvgIpc) is 2.86. The van der Waals surface area contributed by atoms with E-state index in [1.165, 1.54) is 4.90 Å². The van der Waals surface area contributed by atoms with E-state index < -0.39 is 6.04 Å². The van der Waals surface area contributed by atoms with Crippen molar-refractivity contribution in [3.8, 4) is 0 Å². The Labute approximate surface area is 146 Å². The third kappa shape index (κ3) is 2.78. The molecule has 25 heavy (non-hydrogen) atoms. The molecule has 0 saturated carbocycles. The summed E-state index contributed by atoms with van der Waals surface area (Å²) >= 11 is 0. The highest BCUT2D eigenvalue weighted by Gasteiger charge is 2.41. The molecule has 4 nitrogen and oxygen atoms in total. The molecule has 4 heteroatoms. The third-order valence-corrected chi connectivity index (χ3v) is 4.18. The van der Waals surface area contributed by atoms with Crippen molar-refractivity contribution in [3.63, 3.8) is 0 Å². The zero-order chi connectivity index (χ0) is 18.0. The highest BCUT2D eigenvalue weighted by molar-refractivity contribution is 6.22. The molecule has 1 aliphatic rings. The van der Waals surface area contributed by atoms with Crippen LogP contribution in [-0.4, -0.2) is 16.7 Å². The normalized spacial score (nSPS) is 15.0. The number of benzene rings is 2. The largest absolute Gasteiger partial charge is 0.399 e. The summed E-state index contributed by atoms with van der Waals surface area (Å²) in [4.78, 5) is 27.2. The maximum Gasteiger partial charge on any atom is 0.262 e. The van der Waals surface area contributed by atoms with Crippen molar-refractivity contribution in [2.75, 3.05) is 5.73 Å². The van der Waals surface area contributed by atoms with Gasteiger partial charge >= 0.3 is 0 Å². The number of imide groups is 1. The van der Waals surface area contributed by atoms with Gasteiger partial charge in [-0.2, -0.15) is 0 Å². The number of nitrogens with two attached hydrogens (primary N) is 1. The SMILES string of the molecule is C=C/C=C(\C=C)C(c1ccccc1)N1C(=O)c2ccc(N)cc2C1=O. The molecule has 0 radical (unpaired) electrons. The van der Waals surface area contributed by atoms with E-state index in [9.17, 15) is 9.59 Å². The minimum atomic E-state index is -0.578. The number of nitrogen functional groups attached to an aromatic ring is 1. The number of fused-ring (bicyclic) bond motifs is 1. The summed E-state index contributed by atoms with van der Waals surface area (Å²) in [7, 11) is 0. The predicted molar refractivity (Wildman–Crippen MR) is 99.0 cm³/mol. The fourth-order valence-corrected chi connectivity index (χ4v) is 3.04. The van der Waals surface area contributed by atoms with Crippen LogP contribution in [0.15, 0.2) is 85.5 Å². The quantitative estimate of drug-likeness (QED) is 0.514. The molecule has 0 aliphatic carbocycles. The molecule has 124 valence electrons. The molecule has 3 rings (SSSR count). The topological polar surface area (TPSA) is 63.4 Å². The molecule has 1 heterocycles. The number of nitrogens with zero attached hydrogens (tertiary/aromatic N) is 1. The molecular weight excluding hydrogens is 312 g/mol. The fraction of sp³-hybridized carbons (Fsp3) is 0.0476. The average molecular weight is 330 g/mol. The molecule has 0 saturated heterocycles. The molecule has 0 bridgehead atoms. The summed E-state index contributed by atoms with van der Waals surface area (Å²) in [6, 6.07) is 13.6. The van der Waals surface area contributed by atoms with Crippen molar-refractivity contribution >= 4 is 17.5 Å². The van der Waals surface area contributed by atoms with Crippen molar-refractivity contribution < 1.29 is 9.59 Å². The van der Waals surface area contributed by atoms with Crippen molar-refractivity contribution in [1.29, 1.82) is 0 Å². The van der Waals surface area contributed by atoms with E-state index in [0.29, 0.717) is 22.4 Å². The smallest absolute Gasteiger partial charge is 0.262 e. The number of carbonyl (C=O) groups is 2. The highest BCUT2D eigenvalue weighted by Crippen LogP contribution is 2.36. The van der Waals surface area contributed by atoms with Crippen LogP contribution in [0.1, 0.15) is 32.3 Å². The summed E-state index contributed by atoms with van der Waals surface area (Å²) < 4.78 is 0. The van der Waals surface area contributed by atoms with Crippen LogP contribution in [0.2, 0.25) is 0 Å². The minimum Gasteiger partial charge on any atom is -0.399 e. The summed E-state index contributed by atoms with van der Waals surface area (Å²) in [5.74, 6) is -0.705. The summed E-state index contributed by atoms with van der Waals surface area (Å²) in [6.07, 6.45) is 5.00. The molecule has 2 N–H and O–H groups in total. The summed E-state index contributed by atoms with van der Waals surface area (Å²) in [5.41, 5.74) is 8.45. The summed E-state index contributed by atoms with van der Waals surface area (Å²) in [5, 5.41) is 0. The van der Waals surface area contributed by atoms with Gasteiger partial charge in [0.25, 0.3) is 11.8 Å². The van der Waals surface area contributed by atoms with Gasteiger partial charge in [0, 0.05) is 5.69 Å². The van der Waals surface area contributed by atoms with E-state index in [2.05, 4.69) is 13.2 Å². The Kier molecular flexibility index (Phi) is 4.35. The first kappa shape index (κ1) is 16.5. The van der Waals surface area contributed by atoms with Gasteiger partial charge in [-0.15, -0.1) is 0 Å². The minimum absolute atomic E-state index is 0.327. The van der Waals surface area contributed by atoms with Crippen LogP contribution in [0.5, 0.6) is 0 Å². The molecule has 0 aromatic heterocycles. The lowest BCUT2D eigenvalue weighted by molar-refractivity contribution is 0.0608. The fourth-order valence-electron chi connectivity index (χ4n) is 3.04. The van der Waals surface area contributed by atoms with Crippen LogP contribution in [-0.2, 0) is 0 Å². The van der Waals surface area contributed by atoms with Crippen molar-refractivity contribution in [2.24, 2.45) is 0 Å². The first-order valence-electron chi connectivity index (χ1n) is 7.86. The Morgan fingerprint density at radius 1 is 1.00 bits per heavy atom.